The Kier molecular flexibility index (Phi) is 5.08. The summed E-state index contributed by atoms with van der Waals surface area (Å²) in [6, 6.07) is 2.07. The van der Waals surface area contributed by atoms with E-state index in [4.69, 9.17) is 27.9 Å². The Bertz CT molecular complexity index is 352. The normalized spacial score (nSPS) is 14.1. The zero-order valence-electron chi connectivity index (χ0n) is 9.93. The maximum absolute atomic E-state index is 6.11. The lowest BCUT2D eigenvalue weighted by atomic mass is 10.0. The molecule has 2 nitrogen and oxygen atoms in total. The molecule has 1 aromatic heterocycles. The molecule has 1 heterocycles. The van der Waals surface area contributed by atoms with Crippen LogP contribution < -0.4 is 5.32 Å². The van der Waals surface area contributed by atoms with E-state index in [0.717, 1.165) is 14.2 Å². The van der Waals surface area contributed by atoms with Gasteiger partial charge in [-0.2, -0.15) is 0 Å². The molecule has 0 saturated carbocycles. The van der Waals surface area contributed by atoms with Crippen molar-refractivity contribution < 1.29 is 4.74 Å². The summed E-state index contributed by atoms with van der Waals surface area (Å²) in [5.74, 6) is 0. The SMILES string of the molecule is COCC(C)(C)NC(C)c1cc(Cl)sc1Cl. The Morgan fingerprint density at radius 1 is 1.50 bits per heavy atom. The summed E-state index contributed by atoms with van der Waals surface area (Å²) in [6.45, 7) is 6.90. The molecule has 0 aliphatic heterocycles. The van der Waals surface area contributed by atoms with Crippen LogP contribution in [0.2, 0.25) is 8.67 Å². The number of hydrogen-bond acceptors (Lipinski definition) is 3. The molecule has 1 rings (SSSR count). The number of methoxy groups -OCH3 is 1. The Morgan fingerprint density at radius 2 is 2.12 bits per heavy atom. The van der Waals surface area contributed by atoms with Gasteiger partial charge in [-0.1, -0.05) is 23.2 Å². The van der Waals surface area contributed by atoms with E-state index in [9.17, 15) is 0 Å². The van der Waals surface area contributed by atoms with Gasteiger partial charge in [0, 0.05) is 18.7 Å². The molecule has 0 aliphatic rings. The molecule has 1 aromatic rings. The largest absolute Gasteiger partial charge is 0.383 e. The van der Waals surface area contributed by atoms with Crippen LogP contribution in [0.1, 0.15) is 32.4 Å². The third-order valence-corrected chi connectivity index (χ3v) is 3.78. The molecule has 0 aromatic carbocycles. The minimum atomic E-state index is -0.0914. The second-order valence-corrected chi connectivity index (χ2v) is 6.75. The van der Waals surface area contributed by atoms with Crippen LogP contribution in [-0.4, -0.2) is 19.3 Å². The summed E-state index contributed by atoms with van der Waals surface area (Å²) in [7, 11) is 1.70. The summed E-state index contributed by atoms with van der Waals surface area (Å²) >= 11 is 13.4. The number of halogens is 2. The minimum Gasteiger partial charge on any atom is -0.383 e. The van der Waals surface area contributed by atoms with Gasteiger partial charge in [0.05, 0.1) is 15.3 Å². The van der Waals surface area contributed by atoms with E-state index in [1.807, 2.05) is 6.07 Å². The van der Waals surface area contributed by atoms with Gasteiger partial charge < -0.3 is 10.1 Å². The van der Waals surface area contributed by atoms with Gasteiger partial charge in [0.2, 0.25) is 0 Å². The van der Waals surface area contributed by atoms with Crippen molar-refractivity contribution in [2.24, 2.45) is 0 Å². The highest BCUT2D eigenvalue weighted by Crippen LogP contribution is 2.35. The molecule has 0 bridgehead atoms. The third-order valence-electron chi connectivity index (χ3n) is 2.26. The predicted octanol–water partition coefficient (Wildman–Crippen LogP) is 4.13. The number of ether oxygens (including phenoxy) is 1. The van der Waals surface area contributed by atoms with E-state index >= 15 is 0 Å². The molecule has 0 spiro atoms. The molecule has 1 unspecified atom stereocenters. The summed E-state index contributed by atoms with van der Waals surface area (Å²) in [6.07, 6.45) is 0. The van der Waals surface area contributed by atoms with Crippen molar-refractivity contribution in [2.75, 3.05) is 13.7 Å². The average Bonchev–Trinajstić information content (AvgIpc) is 2.44. The minimum absolute atomic E-state index is 0.0914. The molecule has 0 fully saturated rings. The quantitative estimate of drug-likeness (QED) is 0.876. The van der Waals surface area contributed by atoms with Gasteiger partial charge in [0.15, 0.2) is 0 Å². The number of hydrogen-bond donors (Lipinski definition) is 1. The average molecular weight is 282 g/mol. The van der Waals surface area contributed by atoms with Crippen molar-refractivity contribution in [1.29, 1.82) is 0 Å². The van der Waals surface area contributed by atoms with Gasteiger partial charge in [0.1, 0.15) is 0 Å². The third kappa shape index (κ3) is 3.90. The first-order chi connectivity index (χ1) is 7.35. The van der Waals surface area contributed by atoms with E-state index in [2.05, 4.69) is 26.1 Å². The highest BCUT2D eigenvalue weighted by atomic mass is 35.5. The maximum Gasteiger partial charge on any atom is 0.0991 e. The van der Waals surface area contributed by atoms with Crippen LogP contribution >= 0.6 is 34.5 Å². The molecule has 92 valence electrons. The van der Waals surface area contributed by atoms with E-state index < -0.39 is 0 Å². The van der Waals surface area contributed by atoms with Crippen LogP contribution in [0.25, 0.3) is 0 Å². The van der Waals surface area contributed by atoms with Gasteiger partial charge in [-0.05, 0) is 32.4 Å². The lowest BCUT2D eigenvalue weighted by Gasteiger charge is -2.29. The highest BCUT2D eigenvalue weighted by molar-refractivity contribution is 7.20. The van der Waals surface area contributed by atoms with Crippen molar-refractivity contribution >= 4 is 34.5 Å². The van der Waals surface area contributed by atoms with Crippen molar-refractivity contribution in [3.63, 3.8) is 0 Å². The van der Waals surface area contributed by atoms with Crippen molar-refractivity contribution in [2.45, 2.75) is 32.4 Å². The first-order valence-corrected chi connectivity index (χ1v) is 6.64. The van der Waals surface area contributed by atoms with E-state index in [1.165, 1.54) is 11.3 Å². The van der Waals surface area contributed by atoms with Gasteiger partial charge >= 0.3 is 0 Å². The molecule has 1 atom stereocenters. The molecular weight excluding hydrogens is 265 g/mol. The smallest absolute Gasteiger partial charge is 0.0991 e. The summed E-state index contributed by atoms with van der Waals surface area (Å²) < 4.78 is 6.63. The molecule has 5 heteroatoms. The van der Waals surface area contributed by atoms with Crippen LogP contribution in [0.4, 0.5) is 0 Å². The second kappa shape index (κ2) is 5.69. The molecule has 0 aliphatic carbocycles. The Balaban J connectivity index is 2.72. The molecule has 0 radical (unpaired) electrons. The fraction of sp³-hybridized carbons (Fsp3) is 0.636. The van der Waals surface area contributed by atoms with E-state index in [0.29, 0.717) is 6.61 Å². The first kappa shape index (κ1) is 14.3. The van der Waals surface area contributed by atoms with Gasteiger partial charge in [-0.3, -0.25) is 0 Å². The lowest BCUT2D eigenvalue weighted by molar-refractivity contribution is 0.122. The van der Waals surface area contributed by atoms with Gasteiger partial charge in [0.25, 0.3) is 0 Å². The number of thiophene rings is 1. The zero-order chi connectivity index (χ0) is 12.3. The van der Waals surface area contributed by atoms with Crippen molar-refractivity contribution in [3.8, 4) is 0 Å². The highest BCUT2D eigenvalue weighted by Gasteiger charge is 2.22. The molecule has 1 N–H and O–H groups in total. The van der Waals surface area contributed by atoms with E-state index in [1.54, 1.807) is 7.11 Å². The van der Waals surface area contributed by atoms with Crippen molar-refractivity contribution in [1.82, 2.24) is 5.32 Å². The number of rotatable bonds is 5. The fourth-order valence-corrected chi connectivity index (χ4v) is 3.36. The standard InChI is InChI=1S/C11H17Cl2NOS/c1-7(14-11(2,3)6-15-4)8-5-9(12)16-10(8)13/h5,7,14H,6H2,1-4H3. The van der Waals surface area contributed by atoms with Gasteiger partial charge in [-0.25, -0.2) is 0 Å². The molecule has 0 saturated heterocycles. The Morgan fingerprint density at radius 3 is 2.56 bits per heavy atom. The summed E-state index contributed by atoms with van der Waals surface area (Å²) in [5, 5.41) is 3.47. The van der Waals surface area contributed by atoms with Crippen LogP contribution in [0, 0.1) is 0 Å². The van der Waals surface area contributed by atoms with Crippen molar-refractivity contribution in [3.05, 3.63) is 20.3 Å². The Labute approximate surface area is 111 Å². The first-order valence-electron chi connectivity index (χ1n) is 5.07. The van der Waals surface area contributed by atoms with Crippen LogP contribution in [0.15, 0.2) is 6.07 Å². The second-order valence-electron chi connectivity index (χ2n) is 4.46. The monoisotopic (exact) mass is 281 g/mol. The molecular formula is C11H17Cl2NOS. The maximum atomic E-state index is 6.11. The predicted molar refractivity (Wildman–Crippen MR) is 71.8 cm³/mol. The molecule has 0 amide bonds. The molecule has 16 heavy (non-hydrogen) atoms. The van der Waals surface area contributed by atoms with Crippen LogP contribution in [0.5, 0.6) is 0 Å². The fourth-order valence-electron chi connectivity index (χ4n) is 1.71. The topological polar surface area (TPSA) is 21.3 Å². The van der Waals surface area contributed by atoms with E-state index in [-0.39, 0.29) is 11.6 Å². The zero-order valence-corrected chi connectivity index (χ0v) is 12.3. The van der Waals surface area contributed by atoms with Gasteiger partial charge in [-0.15, -0.1) is 11.3 Å². The summed E-state index contributed by atoms with van der Waals surface area (Å²) in [5.41, 5.74) is 0.951. The lowest BCUT2D eigenvalue weighted by Crippen LogP contribution is -2.44. The van der Waals surface area contributed by atoms with Crippen LogP contribution in [-0.2, 0) is 4.74 Å². The Hall–Kier alpha value is 0.200. The number of nitrogens with one attached hydrogen (secondary N) is 1. The van der Waals surface area contributed by atoms with Crippen LogP contribution in [0.3, 0.4) is 0 Å². The summed E-state index contributed by atoms with van der Waals surface area (Å²) in [4.78, 5) is 0.